The highest BCUT2D eigenvalue weighted by Crippen LogP contribution is 2.24. The molecule has 1 aromatic heterocycles. The Morgan fingerprint density at radius 2 is 1.89 bits per heavy atom. The molecule has 0 radical (unpaired) electrons. The summed E-state index contributed by atoms with van der Waals surface area (Å²) in [7, 11) is -3.62. The van der Waals surface area contributed by atoms with Gasteiger partial charge in [-0.25, -0.2) is 13.1 Å². The van der Waals surface area contributed by atoms with E-state index in [0.29, 0.717) is 19.8 Å². The van der Waals surface area contributed by atoms with E-state index in [1.165, 1.54) is 18.3 Å². The summed E-state index contributed by atoms with van der Waals surface area (Å²) in [6, 6.07) is 13.2. The molecule has 0 aliphatic carbocycles. The number of ether oxygens (including phenoxy) is 1. The molecule has 1 fully saturated rings. The summed E-state index contributed by atoms with van der Waals surface area (Å²) in [4.78, 5) is 14.1. The molecule has 1 atom stereocenters. The summed E-state index contributed by atoms with van der Waals surface area (Å²) in [5.41, 5.74) is 1.07. The van der Waals surface area contributed by atoms with E-state index in [-0.39, 0.29) is 22.7 Å². The first-order valence-electron chi connectivity index (χ1n) is 9.15. The Labute approximate surface area is 169 Å². The van der Waals surface area contributed by atoms with E-state index in [9.17, 15) is 13.2 Å². The minimum Gasteiger partial charge on any atom is -0.379 e. The Morgan fingerprint density at radius 3 is 2.57 bits per heavy atom. The van der Waals surface area contributed by atoms with Crippen LogP contribution in [0, 0.1) is 0 Å². The molecule has 1 aromatic carbocycles. The second-order valence-electron chi connectivity index (χ2n) is 6.56. The molecule has 0 saturated carbocycles. The average molecular weight is 424 g/mol. The van der Waals surface area contributed by atoms with Crippen LogP contribution in [0.1, 0.15) is 23.4 Å². The fraction of sp³-hybridized carbons (Fsp3) is 0.421. The molecule has 1 saturated heterocycles. The SMILES string of the molecule is CC(=O)NCc1ccc(S(=O)(=O)NCC(c2ccccc2)N2CCOCC2)s1. The predicted octanol–water partition coefficient (Wildman–Crippen LogP) is 1.74. The molecular formula is C19H25N3O4S2. The van der Waals surface area contributed by atoms with Crippen LogP contribution in [0.5, 0.6) is 0 Å². The van der Waals surface area contributed by atoms with Crippen LogP contribution in [0.2, 0.25) is 0 Å². The highest BCUT2D eigenvalue weighted by atomic mass is 32.2. The Hall–Kier alpha value is -1.78. The van der Waals surface area contributed by atoms with Gasteiger partial charge in [0.05, 0.1) is 19.8 Å². The molecule has 7 nitrogen and oxygen atoms in total. The zero-order chi connectivity index (χ0) is 20.0. The lowest BCUT2D eigenvalue weighted by Gasteiger charge is -2.34. The smallest absolute Gasteiger partial charge is 0.250 e. The minimum absolute atomic E-state index is 0.0568. The lowest BCUT2D eigenvalue weighted by molar-refractivity contribution is -0.119. The fourth-order valence-electron chi connectivity index (χ4n) is 3.09. The molecule has 2 N–H and O–H groups in total. The van der Waals surface area contributed by atoms with Gasteiger partial charge in [0.15, 0.2) is 0 Å². The molecule has 9 heteroatoms. The Kier molecular flexibility index (Phi) is 7.19. The zero-order valence-electron chi connectivity index (χ0n) is 15.8. The van der Waals surface area contributed by atoms with Crippen molar-refractivity contribution in [3.05, 3.63) is 52.9 Å². The van der Waals surface area contributed by atoms with Gasteiger partial charge in [-0.2, -0.15) is 0 Å². The van der Waals surface area contributed by atoms with Gasteiger partial charge >= 0.3 is 0 Å². The predicted molar refractivity (Wildman–Crippen MR) is 109 cm³/mol. The monoisotopic (exact) mass is 423 g/mol. The van der Waals surface area contributed by atoms with Crippen molar-refractivity contribution in [2.75, 3.05) is 32.8 Å². The maximum atomic E-state index is 12.8. The number of morpholine rings is 1. The lowest BCUT2D eigenvalue weighted by Crippen LogP contribution is -2.43. The van der Waals surface area contributed by atoms with Crippen molar-refractivity contribution >= 4 is 27.3 Å². The number of carbonyl (C=O) groups is 1. The lowest BCUT2D eigenvalue weighted by atomic mass is 10.1. The third-order valence-corrected chi connectivity index (χ3v) is 7.55. The zero-order valence-corrected chi connectivity index (χ0v) is 17.4. The van der Waals surface area contributed by atoms with Crippen molar-refractivity contribution in [2.45, 2.75) is 23.7 Å². The topological polar surface area (TPSA) is 87.7 Å². The molecule has 1 aliphatic heterocycles. The molecule has 2 aromatic rings. The third-order valence-electron chi connectivity index (χ3n) is 4.55. The number of hydrogen-bond acceptors (Lipinski definition) is 6. The first kappa shape index (κ1) is 20.9. The molecule has 0 bridgehead atoms. The molecule has 3 rings (SSSR count). The third kappa shape index (κ3) is 5.62. The van der Waals surface area contributed by atoms with Gasteiger partial charge in [-0.05, 0) is 17.7 Å². The number of nitrogens with one attached hydrogen (secondary N) is 2. The summed E-state index contributed by atoms with van der Waals surface area (Å²) in [5.74, 6) is -0.146. The van der Waals surface area contributed by atoms with E-state index < -0.39 is 10.0 Å². The Bertz CT molecular complexity index is 878. The van der Waals surface area contributed by atoms with E-state index in [1.807, 2.05) is 30.3 Å². The quantitative estimate of drug-likeness (QED) is 0.675. The van der Waals surface area contributed by atoms with Crippen LogP contribution in [0.25, 0.3) is 0 Å². The molecule has 2 heterocycles. The van der Waals surface area contributed by atoms with Crippen molar-refractivity contribution in [3.63, 3.8) is 0 Å². The summed E-state index contributed by atoms with van der Waals surface area (Å²) >= 11 is 1.17. The van der Waals surface area contributed by atoms with Crippen LogP contribution in [-0.4, -0.2) is 52.1 Å². The molecule has 1 amide bonds. The number of benzene rings is 1. The van der Waals surface area contributed by atoms with Crippen LogP contribution >= 0.6 is 11.3 Å². The van der Waals surface area contributed by atoms with Gasteiger partial charge in [-0.3, -0.25) is 9.69 Å². The van der Waals surface area contributed by atoms with Crippen molar-refractivity contribution in [3.8, 4) is 0 Å². The highest BCUT2D eigenvalue weighted by molar-refractivity contribution is 7.91. The van der Waals surface area contributed by atoms with Gasteiger partial charge in [0.2, 0.25) is 15.9 Å². The van der Waals surface area contributed by atoms with Crippen LogP contribution in [0.4, 0.5) is 0 Å². The van der Waals surface area contributed by atoms with Gasteiger partial charge < -0.3 is 10.1 Å². The summed E-state index contributed by atoms with van der Waals surface area (Å²) in [5, 5.41) is 2.68. The number of hydrogen-bond donors (Lipinski definition) is 2. The molecule has 1 unspecified atom stereocenters. The molecule has 0 spiro atoms. The van der Waals surface area contributed by atoms with Crippen LogP contribution in [0.3, 0.4) is 0 Å². The summed E-state index contributed by atoms with van der Waals surface area (Å²) in [6.07, 6.45) is 0. The maximum Gasteiger partial charge on any atom is 0.250 e. The van der Waals surface area contributed by atoms with E-state index in [0.717, 1.165) is 23.5 Å². The Morgan fingerprint density at radius 1 is 1.18 bits per heavy atom. The van der Waals surface area contributed by atoms with Gasteiger partial charge in [0.1, 0.15) is 4.21 Å². The first-order valence-corrected chi connectivity index (χ1v) is 11.5. The first-order chi connectivity index (χ1) is 13.5. The maximum absolute atomic E-state index is 12.8. The van der Waals surface area contributed by atoms with Gasteiger partial charge in [-0.1, -0.05) is 30.3 Å². The second kappa shape index (κ2) is 9.62. The second-order valence-corrected chi connectivity index (χ2v) is 9.72. The number of sulfonamides is 1. The Balaban J connectivity index is 1.70. The van der Waals surface area contributed by atoms with Gasteiger partial charge in [0.25, 0.3) is 0 Å². The fourth-order valence-corrected chi connectivity index (χ4v) is 5.47. The number of rotatable bonds is 8. The van der Waals surface area contributed by atoms with Gasteiger partial charge in [0, 0.05) is 37.5 Å². The van der Waals surface area contributed by atoms with Crippen molar-refractivity contribution in [1.29, 1.82) is 0 Å². The number of amides is 1. The summed E-state index contributed by atoms with van der Waals surface area (Å²) < 4.78 is 34.0. The molecular weight excluding hydrogens is 398 g/mol. The highest BCUT2D eigenvalue weighted by Gasteiger charge is 2.25. The molecule has 28 heavy (non-hydrogen) atoms. The van der Waals surface area contributed by atoms with E-state index in [2.05, 4.69) is 14.9 Å². The van der Waals surface area contributed by atoms with Crippen LogP contribution < -0.4 is 10.0 Å². The standard InChI is InChI=1S/C19H25N3O4S2/c1-15(23)20-13-17-7-8-19(27-17)28(24,25)21-14-18(16-5-3-2-4-6-16)22-9-11-26-12-10-22/h2-8,18,21H,9-14H2,1H3,(H,20,23). The summed E-state index contributed by atoms with van der Waals surface area (Å²) in [6.45, 7) is 4.87. The average Bonchev–Trinajstić information content (AvgIpc) is 3.18. The van der Waals surface area contributed by atoms with E-state index in [1.54, 1.807) is 12.1 Å². The largest absolute Gasteiger partial charge is 0.379 e. The minimum atomic E-state index is -3.62. The molecule has 152 valence electrons. The van der Waals surface area contributed by atoms with Crippen molar-refractivity contribution < 1.29 is 17.9 Å². The van der Waals surface area contributed by atoms with E-state index >= 15 is 0 Å². The molecule has 1 aliphatic rings. The van der Waals surface area contributed by atoms with Crippen LogP contribution in [-0.2, 0) is 26.1 Å². The van der Waals surface area contributed by atoms with Crippen LogP contribution in [0.15, 0.2) is 46.7 Å². The normalized spacial score (nSPS) is 16.6. The number of thiophene rings is 1. The van der Waals surface area contributed by atoms with Crippen molar-refractivity contribution in [1.82, 2.24) is 14.9 Å². The van der Waals surface area contributed by atoms with Crippen molar-refractivity contribution in [2.24, 2.45) is 0 Å². The van der Waals surface area contributed by atoms with E-state index in [4.69, 9.17) is 4.74 Å². The number of nitrogens with zero attached hydrogens (tertiary/aromatic N) is 1. The number of carbonyl (C=O) groups excluding carboxylic acids is 1. The van der Waals surface area contributed by atoms with Gasteiger partial charge in [-0.15, -0.1) is 11.3 Å².